The molecule has 2 N–H and O–H groups in total. The van der Waals surface area contributed by atoms with Crippen LogP contribution in [-0.2, 0) is 6.42 Å². The first-order valence-electron chi connectivity index (χ1n) is 8.11. The van der Waals surface area contributed by atoms with E-state index in [1.54, 1.807) is 0 Å². The number of hydrogen-bond donors (Lipinski definition) is 2. The molecule has 142 valence electrons. The van der Waals surface area contributed by atoms with Crippen molar-refractivity contribution in [1.29, 1.82) is 0 Å². The van der Waals surface area contributed by atoms with Gasteiger partial charge in [-0.1, -0.05) is 37.1 Å². The lowest BCUT2D eigenvalue weighted by atomic mass is 10.1. The highest BCUT2D eigenvalue weighted by atomic mass is 35.5. The van der Waals surface area contributed by atoms with Gasteiger partial charge in [0.25, 0.3) is 5.09 Å². The summed E-state index contributed by atoms with van der Waals surface area (Å²) < 4.78 is 5.81. The van der Waals surface area contributed by atoms with Crippen LogP contribution in [0.5, 0.6) is 5.75 Å². The molecule has 0 aliphatic heterocycles. The Kier molecular flexibility index (Phi) is 9.14. The lowest BCUT2D eigenvalue weighted by Crippen LogP contribution is -2.13. The summed E-state index contributed by atoms with van der Waals surface area (Å²) in [6.45, 7) is 7.30. The molecule has 0 spiro atoms. The number of hydrogen-bond acceptors (Lipinski definition) is 6. The van der Waals surface area contributed by atoms with E-state index in [9.17, 15) is 0 Å². The topological polar surface area (TPSA) is 110 Å². The average molecular weight is 383 g/mol. The fourth-order valence-electron chi connectivity index (χ4n) is 2.23. The maximum absolute atomic E-state index is 8.36. The van der Waals surface area contributed by atoms with Crippen LogP contribution in [0.4, 0.5) is 5.82 Å². The molecular formula is C17H23ClN4O4. The lowest BCUT2D eigenvalue weighted by Gasteiger charge is -2.12. The van der Waals surface area contributed by atoms with Crippen molar-refractivity contribution >= 4 is 17.4 Å². The zero-order chi connectivity index (χ0) is 19.5. The molecule has 0 bridgehead atoms. The molecule has 0 radical (unpaired) electrons. The smallest absolute Gasteiger partial charge is 0.291 e. The number of aromatic nitrogens is 2. The second-order valence-electron chi connectivity index (χ2n) is 5.48. The zero-order valence-corrected chi connectivity index (χ0v) is 15.8. The molecule has 8 nitrogen and oxygen atoms in total. The van der Waals surface area contributed by atoms with Crippen LogP contribution in [0.15, 0.2) is 24.5 Å². The van der Waals surface area contributed by atoms with E-state index in [2.05, 4.69) is 41.3 Å². The van der Waals surface area contributed by atoms with E-state index in [-0.39, 0.29) is 0 Å². The molecule has 9 heteroatoms. The molecule has 0 unspecified atom stereocenters. The SMILES string of the molecule is CCCc1ccc(OCCNc2ncnc(C)c2Cl)c(C)c1.O=[N+]([O-])O. The molecule has 26 heavy (non-hydrogen) atoms. The van der Waals surface area contributed by atoms with Crippen molar-refractivity contribution in [2.24, 2.45) is 0 Å². The third kappa shape index (κ3) is 7.52. The highest BCUT2D eigenvalue weighted by Gasteiger charge is 2.05. The third-order valence-electron chi connectivity index (χ3n) is 3.39. The van der Waals surface area contributed by atoms with Gasteiger partial charge >= 0.3 is 0 Å². The summed E-state index contributed by atoms with van der Waals surface area (Å²) in [6, 6.07) is 6.36. The predicted octanol–water partition coefficient (Wildman–Crippen LogP) is 3.84. The van der Waals surface area contributed by atoms with Crippen molar-refractivity contribution in [2.75, 3.05) is 18.5 Å². The molecule has 0 atom stereocenters. The minimum Gasteiger partial charge on any atom is -0.491 e. The quantitative estimate of drug-likeness (QED) is 0.425. The Bertz CT molecular complexity index is 724. The van der Waals surface area contributed by atoms with Crippen molar-refractivity contribution in [2.45, 2.75) is 33.6 Å². The Labute approximate surface area is 157 Å². The molecule has 0 saturated carbocycles. The van der Waals surface area contributed by atoms with Gasteiger partial charge in [0.1, 0.15) is 29.5 Å². The van der Waals surface area contributed by atoms with E-state index >= 15 is 0 Å². The van der Waals surface area contributed by atoms with E-state index in [1.807, 2.05) is 13.0 Å². The Hall–Kier alpha value is -2.61. The molecular weight excluding hydrogens is 360 g/mol. The normalized spacial score (nSPS) is 9.85. The molecule has 0 aliphatic carbocycles. The Morgan fingerprint density at radius 2 is 2.04 bits per heavy atom. The molecule has 1 aromatic heterocycles. The van der Waals surface area contributed by atoms with Crippen molar-refractivity contribution in [3.8, 4) is 5.75 Å². The van der Waals surface area contributed by atoms with E-state index in [1.165, 1.54) is 17.5 Å². The highest BCUT2D eigenvalue weighted by molar-refractivity contribution is 6.33. The first-order valence-corrected chi connectivity index (χ1v) is 8.49. The van der Waals surface area contributed by atoms with Crippen molar-refractivity contribution < 1.29 is 15.0 Å². The van der Waals surface area contributed by atoms with Crippen molar-refractivity contribution in [3.63, 3.8) is 0 Å². The van der Waals surface area contributed by atoms with Gasteiger partial charge in [-0.25, -0.2) is 9.97 Å². The third-order valence-corrected chi connectivity index (χ3v) is 3.85. The molecule has 2 rings (SSSR count). The van der Waals surface area contributed by atoms with Crippen LogP contribution in [0, 0.1) is 24.0 Å². The number of nitrogens with one attached hydrogen (secondary N) is 1. The van der Waals surface area contributed by atoms with Crippen LogP contribution >= 0.6 is 11.6 Å². The van der Waals surface area contributed by atoms with Crippen LogP contribution in [-0.4, -0.2) is 33.4 Å². The van der Waals surface area contributed by atoms with Gasteiger partial charge in [-0.05, 0) is 37.5 Å². The number of rotatable bonds is 7. The molecule has 0 amide bonds. The van der Waals surface area contributed by atoms with Gasteiger partial charge in [0.05, 0.1) is 12.2 Å². The Morgan fingerprint density at radius 3 is 2.65 bits per heavy atom. The Morgan fingerprint density at radius 1 is 1.35 bits per heavy atom. The number of aryl methyl sites for hydroxylation is 3. The molecule has 0 aliphatic rings. The number of ether oxygens (including phenoxy) is 1. The van der Waals surface area contributed by atoms with E-state index in [4.69, 9.17) is 31.7 Å². The van der Waals surface area contributed by atoms with Crippen LogP contribution in [0.25, 0.3) is 0 Å². The fourth-order valence-corrected chi connectivity index (χ4v) is 2.39. The molecule has 1 aromatic carbocycles. The second kappa shape index (κ2) is 11.1. The van der Waals surface area contributed by atoms with Crippen molar-refractivity contribution in [3.05, 3.63) is 56.5 Å². The van der Waals surface area contributed by atoms with Crippen LogP contribution < -0.4 is 10.1 Å². The average Bonchev–Trinajstić information content (AvgIpc) is 2.56. The van der Waals surface area contributed by atoms with Crippen LogP contribution in [0.1, 0.15) is 30.2 Å². The first kappa shape index (κ1) is 21.4. The molecule has 0 fully saturated rings. The summed E-state index contributed by atoms with van der Waals surface area (Å²) in [7, 11) is 0. The minimum absolute atomic E-state index is 0.549. The largest absolute Gasteiger partial charge is 0.491 e. The van der Waals surface area contributed by atoms with Gasteiger partial charge in [-0.2, -0.15) is 0 Å². The summed E-state index contributed by atoms with van der Waals surface area (Å²) >= 11 is 6.13. The monoisotopic (exact) mass is 382 g/mol. The summed E-state index contributed by atoms with van der Waals surface area (Å²) in [6.07, 6.45) is 3.76. The lowest BCUT2D eigenvalue weighted by molar-refractivity contribution is -0.742. The summed E-state index contributed by atoms with van der Waals surface area (Å²) in [5.41, 5.74) is 3.29. The van der Waals surface area contributed by atoms with Gasteiger partial charge in [-0.15, -0.1) is 10.1 Å². The number of nitrogens with zero attached hydrogens (tertiary/aromatic N) is 3. The highest BCUT2D eigenvalue weighted by Crippen LogP contribution is 2.21. The number of anilines is 1. The summed E-state index contributed by atoms with van der Waals surface area (Å²) in [4.78, 5) is 16.5. The van der Waals surface area contributed by atoms with Gasteiger partial charge in [0.15, 0.2) is 0 Å². The molecule has 1 heterocycles. The first-order chi connectivity index (χ1) is 12.3. The van der Waals surface area contributed by atoms with Crippen LogP contribution in [0.3, 0.4) is 0 Å². The summed E-state index contributed by atoms with van der Waals surface area (Å²) in [5.74, 6) is 1.57. The maximum atomic E-state index is 8.36. The van der Waals surface area contributed by atoms with Gasteiger partial charge in [0.2, 0.25) is 0 Å². The zero-order valence-electron chi connectivity index (χ0n) is 15.0. The minimum atomic E-state index is -1.50. The Balaban J connectivity index is 0.000000765. The van der Waals surface area contributed by atoms with E-state index < -0.39 is 5.09 Å². The van der Waals surface area contributed by atoms with E-state index in [0.29, 0.717) is 24.0 Å². The van der Waals surface area contributed by atoms with Gasteiger partial charge < -0.3 is 15.3 Å². The standard InChI is InChI=1S/C17H22ClN3O.HNO3/c1-4-5-14-6-7-15(12(2)10-14)22-9-8-19-17-16(18)13(3)20-11-21-17;2-1(3)4/h6-7,10-11H,4-5,8-9H2,1-3H3,(H,19,20,21);(H,2,3,4). The maximum Gasteiger partial charge on any atom is 0.291 e. The van der Waals surface area contributed by atoms with Gasteiger partial charge in [-0.3, -0.25) is 0 Å². The van der Waals surface area contributed by atoms with E-state index in [0.717, 1.165) is 24.3 Å². The number of halogens is 1. The number of benzene rings is 1. The predicted molar refractivity (Wildman–Crippen MR) is 99.7 cm³/mol. The molecule has 2 aromatic rings. The fraction of sp³-hybridized carbons (Fsp3) is 0.412. The summed E-state index contributed by atoms with van der Waals surface area (Å²) in [5, 5.41) is 17.4. The second-order valence-corrected chi connectivity index (χ2v) is 5.86. The van der Waals surface area contributed by atoms with Crippen molar-refractivity contribution in [1.82, 2.24) is 9.97 Å². The molecule has 0 saturated heterocycles. The van der Waals surface area contributed by atoms with Crippen LogP contribution in [0.2, 0.25) is 5.02 Å². The van der Waals surface area contributed by atoms with Gasteiger partial charge in [0, 0.05) is 0 Å².